The molecular formula is C15H23BrN2. The van der Waals surface area contributed by atoms with Crippen LogP contribution < -0.4 is 10.2 Å². The maximum atomic E-state index is 3.57. The van der Waals surface area contributed by atoms with Crippen molar-refractivity contribution in [3.05, 3.63) is 28.2 Å². The summed E-state index contributed by atoms with van der Waals surface area (Å²) in [5.41, 5.74) is 3.01. The summed E-state index contributed by atoms with van der Waals surface area (Å²) in [7, 11) is 0. The SMILES string of the molecule is Cc1cc(Br)ccc1N1CC(C)(C)CNCC1C. The molecule has 1 aromatic carbocycles. The van der Waals surface area contributed by atoms with Crippen LogP contribution in [0.2, 0.25) is 0 Å². The van der Waals surface area contributed by atoms with Crippen molar-refractivity contribution >= 4 is 21.6 Å². The number of hydrogen-bond donors (Lipinski definition) is 1. The first-order valence-corrected chi connectivity index (χ1v) is 7.42. The zero-order chi connectivity index (χ0) is 13.3. The van der Waals surface area contributed by atoms with Crippen molar-refractivity contribution in [2.45, 2.75) is 33.7 Å². The normalized spacial score (nSPS) is 23.8. The summed E-state index contributed by atoms with van der Waals surface area (Å²) in [5.74, 6) is 0. The second-order valence-electron chi connectivity index (χ2n) is 6.20. The van der Waals surface area contributed by atoms with E-state index in [0.717, 1.165) is 24.1 Å². The number of halogens is 1. The Balaban J connectivity index is 2.33. The molecule has 2 nitrogen and oxygen atoms in total. The largest absolute Gasteiger partial charge is 0.367 e. The predicted molar refractivity (Wildman–Crippen MR) is 82.3 cm³/mol. The van der Waals surface area contributed by atoms with Gasteiger partial charge in [0.05, 0.1) is 0 Å². The molecular weight excluding hydrogens is 288 g/mol. The summed E-state index contributed by atoms with van der Waals surface area (Å²) in [5, 5.41) is 3.57. The zero-order valence-electron chi connectivity index (χ0n) is 11.8. The van der Waals surface area contributed by atoms with Crippen molar-refractivity contribution in [1.82, 2.24) is 5.32 Å². The maximum absolute atomic E-state index is 3.57. The number of rotatable bonds is 1. The summed E-state index contributed by atoms with van der Waals surface area (Å²) in [6, 6.07) is 7.11. The lowest BCUT2D eigenvalue weighted by Crippen LogP contribution is -2.40. The third-order valence-corrected chi connectivity index (χ3v) is 4.14. The molecule has 1 N–H and O–H groups in total. The quantitative estimate of drug-likeness (QED) is 0.853. The lowest BCUT2D eigenvalue weighted by atomic mass is 9.92. The van der Waals surface area contributed by atoms with Crippen LogP contribution in [0.25, 0.3) is 0 Å². The third-order valence-electron chi connectivity index (χ3n) is 3.64. The Labute approximate surface area is 119 Å². The molecule has 0 spiro atoms. The van der Waals surface area contributed by atoms with E-state index in [-0.39, 0.29) is 0 Å². The fourth-order valence-corrected chi connectivity index (χ4v) is 3.14. The minimum Gasteiger partial charge on any atom is -0.367 e. The molecule has 100 valence electrons. The first kappa shape index (κ1) is 13.9. The molecule has 0 amide bonds. The number of aryl methyl sites for hydroxylation is 1. The van der Waals surface area contributed by atoms with E-state index in [1.165, 1.54) is 11.3 Å². The van der Waals surface area contributed by atoms with Gasteiger partial charge in [-0.05, 0) is 43.0 Å². The number of hydrogen-bond acceptors (Lipinski definition) is 2. The molecule has 0 aromatic heterocycles. The van der Waals surface area contributed by atoms with Crippen LogP contribution in [0.1, 0.15) is 26.3 Å². The highest BCUT2D eigenvalue weighted by Crippen LogP contribution is 2.30. The Morgan fingerprint density at radius 3 is 2.78 bits per heavy atom. The maximum Gasteiger partial charge on any atom is 0.0399 e. The highest BCUT2D eigenvalue weighted by atomic mass is 79.9. The van der Waals surface area contributed by atoms with Gasteiger partial charge in [-0.3, -0.25) is 0 Å². The summed E-state index contributed by atoms with van der Waals surface area (Å²) < 4.78 is 1.16. The molecule has 1 heterocycles. The molecule has 0 aliphatic carbocycles. The number of nitrogens with zero attached hydrogens (tertiary/aromatic N) is 1. The van der Waals surface area contributed by atoms with Gasteiger partial charge >= 0.3 is 0 Å². The molecule has 2 rings (SSSR count). The lowest BCUT2D eigenvalue weighted by molar-refractivity contribution is 0.369. The van der Waals surface area contributed by atoms with Crippen LogP contribution in [0.15, 0.2) is 22.7 Å². The smallest absolute Gasteiger partial charge is 0.0399 e. The fourth-order valence-electron chi connectivity index (χ4n) is 2.67. The summed E-state index contributed by atoms with van der Waals surface area (Å²) in [6.07, 6.45) is 0. The van der Waals surface area contributed by atoms with Gasteiger partial charge in [-0.1, -0.05) is 29.8 Å². The Morgan fingerprint density at radius 1 is 1.39 bits per heavy atom. The minimum atomic E-state index is 0.310. The second-order valence-corrected chi connectivity index (χ2v) is 7.12. The molecule has 18 heavy (non-hydrogen) atoms. The van der Waals surface area contributed by atoms with Crippen LogP contribution in [0.5, 0.6) is 0 Å². The van der Waals surface area contributed by atoms with E-state index in [1.54, 1.807) is 0 Å². The monoisotopic (exact) mass is 310 g/mol. The van der Waals surface area contributed by atoms with Crippen LogP contribution >= 0.6 is 15.9 Å². The van der Waals surface area contributed by atoms with Crippen molar-refractivity contribution in [2.75, 3.05) is 24.5 Å². The second kappa shape index (κ2) is 5.22. The van der Waals surface area contributed by atoms with E-state index in [0.29, 0.717) is 11.5 Å². The van der Waals surface area contributed by atoms with Gasteiger partial charge in [0.2, 0.25) is 0 Å². The molecule has 3 heteroatoms. The van der Waals surface area contributed by atoms with Crippen LogP contribution in [0.3, 0.4) is 0 Å². The third kappa shape index (κ3) is 3.07. The van der Waals surface area contributed by atoms with Gasteiger partial charge in [-0.15, -0.1) is 0 Å². The average Bonchev–Trinajstić information content (AvgIpc) is 2.38. The molecule has 1 aliphatic heterocycles. The Hall–Kier alpha value is -0.540. The molecule has 1 unspecified atom stereocenters. The topological polar surface area (TPSA) is 15.3 Å². The first-order valence-electron chi connectivity index (χ1n) is 6.62. The van der Waals surface area contributed by atoms with Gasteiger partial charge in [0.15, 0.2) is 0 Å². The molecule has 1 aromatic rings. The molecule has 0 bridgehead atoms. The minimum absolute atomic E-state index is 0.310. The molecule has 1 fully saturated rings. The van der Waals surface area contributed by atoms with Gasteiger partial charge in [0.25, 0.3) is 0 Å². The number of anilines is 1. The van der Waals surface area contributed by atoms with Crippen molar-refractivity contribution in [2.24, 2.45) is 5.41 Å². The van der Waals surface area contributed by atoms with Crippen molar-refractivity contribution in [3.8, 4) is 0 Å². The molecule has 1 aliphatic rings. The number of nitrogens with one attached hydrogen (secondary N) is 1. The van der Waals surface area contributed by atoms with Crippen molar-refractivity contribution in [1.29, 1.82) is 0 Å². The van der Waals surface area contributed by atoms with E-state index in [2.05, 4.69) is 72.0 Å². The predicted octanol–water partition coefficient (Wildman–Crippen LogP) is 3.58. The van der Waals surface area contributed by atoms with Gasteiger partial charge in [-0.25, -0.2) is 0 Å². The molecule has 0 radical (unpaired) electrons. The van der Waals surface area contributed by atoms with Crippen LogP contribution in [0, 0.1) is 12.3 Å². The highest BCUT2D eigenvalue weighted by Gasteiger charge is 2.28. The van der Waals surface area contributed by atoms with Gasteiger partial charge in [0.1, 0.15) is 0 Å². The van der Waals surface area contributed by atoms with Gasteiger partial charge < -0.3 is 10.2 Å². The van der Waals surface area contributed by atoms with E-state index >= 15 is 0 Å². The summed E-state index contributed by atoms with van der Waals surface area (Å²) in [4.78, 5) is 2.54. The highest BCUT2D eigenvalue weighted by molar-refractivity contribution is 9.10. The fraction of sp³-hybridized carbons (Fsp3) is 0.600. The Morgan fingerprint density at radius 2 is 2.11 bits per heavy atom. The Kier molecular flexibility index (Phi) is 4.02. The first-order chi connectivity index (χ1) is 8.39. The molecule has 1 atom stereocenters. The van der Waals surface area contributed by atoms with Gasteiger partial charge in [-0.2, -0.15) is 0 Å². The summed E-state index contributed by atoms with van der Waals surface area (Å²) in [6.45, 7) is 12.4. The zero-order valence-corrected chi connectivity index (χ0v) is 13.3. The average molecular weight is 311 g/mol. The molecule has 0 saturated carbocycles. The molecule has 1 saturated heterocycles. The van der Waals surface area contributed by atoms with Crippen LogP contribution in [0.4, 0.5) is 5.69 Å². The van der Waals surface area contributed by atoms with E-state index < -0.39 is 0 Å². The lowest BCUT2D eigenvalue weighted by Gasteiger charge is -2.35. The standard InChI is InChI=1S/C15H23BrN2/c1-11-7-13(16)5-6-14(11)18-10-15(3,4)9-17-8-12(18)2/h5-7,12,17H,8-10H2,1-4H3. The Bertz CT molecular complexity index is 429. The van der Waals surface area contributed by atoms with Crippen LogP contribution in [-0.4, -0.2) is 25.7 Å². The van der Waals surface area contributed by atoms with Crippen molar-refractivity contribution < 1.29 is 0 Å². The van der Waals surface area contributed by atoms with E-state index in [9.17, 15) is 0 Å². The van der Waals surface area contributed by atoms with Crippen LogP contribution in [-0.2, 0) is 0 Å². The van der Waals surface area contributed by atoms with Crippen molar-refractivity contribution in [3.63, 3.8) is 0 Å². The summed E-state index contributed by atoms with van der Waals surface area (Å²) >= 11 is 3.54. The van der Waals surface area contributed by atoms with E-state index in [1.807, 2.05) is 0 Å². The van der Waals surface area contributed by atoms with E-state index in [4.69, 9.17) is 0 Å². The van der Waals surface area contributed by atoms with Gasteiger partial charge in [0, 0.05) is 35.8 Å². The number of benzene rings is 1.